The van der Waals surface area contributed by atoms with Crippen molar-refractivity contribution < 1.29 is 14.1 Å². The van der Waals surface area contributed by atoms with Crippen molar-refractivity contribution in [2.75, 3.05) is 25.1 Å². The van der Waals surface area contributed by atoms with Gasteiger partial charge in [0.05, 0.1) is 0 Å². The zero-order valence-electron chi connectivity index (χ0n) is 14.1. The van der Waals surface area contributed by atoms with Crippen LogP contribution in [0.2, 0.25) is 0 Å². The van der Waals surface area contributed by atoms with Gasteiger partial charge in [-0.25, -0.2) is 4.79 Å². The highest BCUT2D eigenvalue weighted by atomic mass is 16.5. The lowest BCUT2D eigenvalue weighted by Crippen LogP contribution is -2.45. The van der Waals surface area contributed by atoms with Gasteiger partial charge in [-0.05, 0) is 32.3 Å². The first kappa shape index (κ1) is 16.5. The summed E-state index contributed by atoms with van der Waals surface area (Å²) in [5.41, 5.74) is 2.46. The van der Waals surface area contributed by atoms with Crippen molar-refractivity contribution in [3.8, 4) is 0 Å². The van der Waals surface area contributed by atoms with Gasteiger partial charge in [0.2, 0.25) is 0 Å². The first-order valence-electron chi connectivity index (χ1n) is 8.22. The van der Waals surface area contributed by atoms with E-state index in [0.717, 1.165) is 12.8 Å². The van der Waals surface area contributed by atoms with Gasteiger partial charge in [0.1, 0.15) is 11.4 Å². The maximum absolute atomic E-state index is 12.3. The molecule has 0 aliphatic carbocycles. The molecule has 2 heterocycles. The van der Waals surface area contributed by atoms with Crippen LogP contribution < -0.4 is 10.6 Å². The van der Waals surface area contributed by atoms with E-state index in [1.165, 1.54) is 5.56 Å². The molecule has 0 spiro atoms. The van der Waals surface area contributed by atoms with Crippen molar-refractivity contribution in [1.82, 2.24) is 10.5 Å². The average Bonchev–Trinajstić information content (AvgIpc) is 2.93. The predicted octanol–water partition coefficient (Wildman–Crippen LogP) is 3.16. The standard InChI is InChI=1S/C18H23N3O3/c1-13-16(14(2)24-21-13)20-17(22)19-12-18(8-10-23-11-9-18)15-6-4-3-5-7-15/h3-7H,8-12H2,1-2H3,(H2,19,20,22). The van der Waals surface area contributed by atoms with Crippen LogP contribution in [-0.2, 0) is 10.2 Å². The number of rotatable bonds is 4. The monoisotopic (exact) mass is 329 g/mol. The molecule has 1 aliphatic heterocycles. The van der Waals surface area contributed by atoms with Crippen LogP contribution in [0.3, 0.4) is 0 Å². The summed E-state index contributed by atoms with van der Waals surface area (Å²) in [5.74, 6) is 0.603. The van der Waals surface area contributed by atoms with Crippen LogP contribution in [0, 0.1) is 13.8 Å². The number of hydrogen-bond donors (Lipinski definition) is 2. The number of aryl methyl sites for hydroxylation is 2. The van der Waals surface area contributed by atoms with Crippen molar-refractivity contribution in [2.24, 2.45) is 0 Å². The summed E-state index contributed by atoms with van der Waals surface area (Å²) in [6.45, 7) is 5.56. The van der Waals surface area contributed by atoms with Crippen LogP contribution in [0.4, 0.5) is 10.5 Å². The molecule has 0 saturated carbocycles. The molecule has 6 nitrogen and oxygen atoms in total. The molecule has 1 aromatic heterocycles. The number of aromatic nitrogens is 1. The molecule has 1 fully saturated rings. The van der Waals surface area contributed by atoms with Crippen molar-refractivity contribution in [2.45, 2.75) is 32.1 Å². The summed E-state index contributed by atoms with van der Waals surface area (Å²) >= 11 is 0. The Morgan fingerprint density at radius 3 is 2.54 bits per heavy atom. The van der Waals surface area contributed by atoms with E-state index in [2.05, 4.69) is 27.9 Å². The maximum atomic E-state index is 12.3. The highest BCUT2D eigenvalue weighted by Crippen LogP contribution is 2.34. The van der Waals surface area contributed by atoms with Crippen LogP contribution in [0.25, 0.3) is 0 Å². The molecule has 2 aromatic rings. The zero-order chi connectivity index (χ0) is 17.0. The van der Waals surface area contributed by atoms with E-state index in [9.17, 15) is 4.79 Å². The van der Waals surface area contributed by atoms with E-state index in [1.54, 1.807) is 13.8 Å². The van der Waals surface area contributed by atoms with Gasteiger partial charge in [0.25, 0.3) is 0 Å². The lowest BCUT2D eigenvalue weighted by atomic mass is 9.74. The molecule has 0 atom stereocenters. The van der Waals surface area contributed by atoms with E-state index in [4.69, 9.17) is 9.26 Å². The van der Waals surface area contributed by atoms with Crippen LogP contribution in [0.1, 0.15) is 29.9 Å². The van der Waals surface area contributed by atoms with Crippen LogP contribution in [-0.4, -0.2) is 30.9 Å². The van der Waals surface area contributed by atoms with E-state index in [-0.39, 0.29) is 11.4 Å². The Balaban J connectivity index is 1.69. The Hall–Kier alpha value is -2.34. The van der Waals surface area contributed by atoms with Gasteiger partial charge >= 0.3 is 6.03 Å². The second-order valence-corrected chi connectivity index (χ2v) is 6.27. The normalized spacial score (nSPS) is 16.6. The number of ether oxygens (including phenoxy) is 1. The lowest BCUT2D eigenvalue weighted by Gasteiger charge is -2.37. The third-order valence-electron chi connectivity index (χ3n) is 4.70. The van der Waals surface area contributed by atoms with Crippen molar-refractivity contribution >= 4 is 11.7 Å². The summed E-state index contributed by atoms with van der Waals surface area (Å²) in [6, 6.07) is 10.1. The van der Waals surface area contributed by atoms with Crippen molar-refractivity contribution in [1.29, 1.82) is 0 Å². The summed E-state index contributed by atoms with van der Waals surface area (Å²) < 4.78 is 10.6. The Morgan fingerprint density at radius 1 is 1.21 bits per heavy atom. The molecule has 128 valence electrons. The van der Waals surface area contributed by atoms with Crippen LogP contribution in [0.5, 0.6) is 0 Å². The Kier molecular flexibility index (Phi) is 4.85. The van der Waals surface area contributed by atoms with Gasteiger partial charge in [-0.1, -0.05) is 35.5 Å². The molecule has 0 radical (unpaired) electrons. The molecular formula is C18H23N3O3. The fraction of sp³-hybridized carbons (Fsp3) is 0.444. The molecule has 24 heavy (non-hydrogen) atoms. The SMILES string of the molecule is Cc1noc(C)c1NC(=O)NCC1(c2ccccc2)CCOCC1. The molecule has 2 amide bonds. The minimum atomic E-state index is -0.244. The number of nitrogens with zero attached hydrogens (tertiary/aromatic N) is 1. The van der Waals surface area contributed by atoms with Crippen molar-refractivity contribution in [3.05, 3.63) is 47.3 Å². The van der Waals surface area contributed by atoms with Gasteiger partial charge < -0.3 is 19.9 Å². The zero-order valence-corrected chi connectivity index (χ0v) is 14.1. The number of hydrogen-bond acceptors (Lipinski definition) is 4. The maximum Gasteiger partial charge on any atom is 0.319 e. The van der Waals surface area contributed by atoms with Gasteiger partial charge in [-0.15, -0.1) is 0 Å². The molecule has 2 N–H and O–H groups in total. The molecular weight excluding hydrogens is 306 g/mol. The Bertz CT molecular complexity index is 671. The molecule has 0 unspecified atom stereocenters. The van der Waals surface area contributed by atoms with Crippen molar-refractivity contribution in [3.63, 3.8) is 0 Å². The average molecular weight is 329 g/mol. The van der Waals surface area contributed by atoms with E-state index < -0.39 is 0 Å². The smallest absolute Gasteiger partial charge is 0.319 e. The van der Waals surface area contributed by atoms with E-state index >= 15 is 0 Å². The fourth-order valence-corrected chi connectivity index (χ4v) is 3.19. The quantitative estimate of drug-likeness (QED) is 0.903. The first-order valence-corrected chi connectivity index (χ1v) is 8.22. The van der Waals surface area contributed by atoms with E-state index in [0.29, 0.717) is 36.9 Å². The number of urea groups is 1. The summed E-state index contributed by atoms with van der Waals surface area (Å²) in [4.78, 5) is 12.3. The van der Waals surface area contributed by atoms with Gasteiger partial charge in [-0.3, -0.25) is 0 Å². The van der Waals surface area contributed by atoms with Crippen LogP contribution >= 0.6 is 0 Å². The summed E-state index contributed by atoms with van der Waals surface area (Å²) in [7, 11) is 0. The number of nitrogens with one attached hydrogen (secondary N) is 2. The Labute approximate surface area is 141 Å². The molecule has 3 rings (SSSR count). The number of amides is 2. The highest BCUT2D eigenvalue weighted by Gasteiger charge is 2.34. The van der Waals surface area contributed by atoms with Crippen LogP contribution in [0.15, 0.2) is 34.9 Å². The molecule has 6 heteroatoms. The molecule has 1 saturated heterocycles. The first-order chi connectivity index (χ1) is 11.6. The lowest BCUT2D eigenvalue weighted by molar-refractivity contribution is 0.0508. The summed E-state index contributed by atoms with van der Waals surface area (Å²) in [5, 5.41) is 9.68. The van der Waals surface area contributed by atoms with Gasteiger partial charge in [0, 0.05) is 25.2 Å². The minimum absolute atomic E-state index is 0.0877. The third kappa shape index (κ3) is 3.43. The molecule has 1 aliphatic rings. The second-order valence-electron chi connectivity index (χ2n) is 6.27. The fourth-order valence-electron chi connectivity index (χ4n) is 3.19. The minimum Gasteiger partial charge on any atom is -0.381 e. The van der Waals surface area contributed by atoms with Gasteiger partial charge in [-0.2, -0.15) is 0 Å². The molecule has 1 aromatic carbocycles. The number of anilines is 1. The number of carbonyl (C=O) groups is 1. The Morgan fingerprint density at radius 2 is 1.92 bits per heavy atom. The summed E-state index contributed by atoms with van der Waals surface area (Å²) in [6.07, 6.45) is 1.78. The highest BCUT2D eigenvalue weighted by molar-refractivity contribution is 5.90. The topological polar surface area (TPSA) is 76.4 Å². The number of carbonyl (C=O) groups excluding carboxylic acids is 1. The third-order valence-corrected chi connectivity index (χ3v) is 4.70. The largest absolute Gasteiger partial charge is 0.381 e. The second kappa shape index (κ2) is 7.05. The number of benzene rings is 1. The van der Waals surface area contributed by atoms with E-state index in [1.807, 2.05) is 18.2 Å². The predicted molar refractivity (Wildman–Crippen MR) is 91.2 cm³/mol. The van der Waals surface area contributed by atoms with Gasteiger partial charge in [0.15, 0.2) is 5.76 Å². The molecule has 0 bridgehead atoms.